The summed E-state index contributed by atoms with van der Waals surface area (Å²) in [5.74, 6) is 0.909. The standard InChI is InChI=1S/C16H13N3O/c1-10-5-6-11-12-4-3-7-18-16(12)20-14(11)13(10)15-17-8-9-19(15)2/h3-9H,1-2H3. The lowest BCUT2D eigenvalue weighted by Crippen LogP contribution is -1.94. The number of benzene rings is 1. The van der Waals surface area contributed by atoms with Gasteiger partial charge in [-0.15, -0.1) is 0 Å². The molecular weight excluding hydrogens is 250 g/mol. The number of fused-ring (bicyclic) bond motifs is 3. The summed E-state index contributed by atoms with van der Waals surface area (Å²) in [5, 5.41) is 2.12. The van der Waals surface area contributed by atoms with Crippen molar-refractivity contribution in [3.63, 3.8) is 0 Å². The number of furan rings is 1. The number of rotatable bonds is 1. The van der Waals surface area contributed by atoms with Crippen molar-refractivity contribution in [3.05, 3.63) is 48.4 Å². The normalized spacial score (nSPS) is 11.5. The summed E-state index contributed by atoms with van der Waals surface area (Å²) in [7, 11) is 1.99. The van der Waals surface area contributed by atoms with E-state index in [9.17, 15) is 0 Å². The molecule has 1 aromatic carbocycles. The average Bonchev–Trinajstić information content (AvgIpc) is 3.02. The topological polar surface area (TPSA) is 43.9 Å². The van der Waals surface area contributed by atoms with Crippen molar-refractivity contribution in [3.8, 4) is 11.4 Å². The summed E-state index contributed by atoms with van der Waals surface area (Å²) in [5.41, 5.74) is 3.70. The Morgan fingerprint density at radius 3 is 2.75 bits per heavy atom. The van der Waals surface area contributed by atoms with Crippen molar-refractivity contribution < 1.29 is 4.42 Å². The first kappa shape index (κ1) is 11.2. The Balaban J connectivity index is 2.19. The molecule has 0 N–H and O–H groups in total. The van der Waals surface area contributed by atoms with Crippen LogP contribution < -0.4 is 0 Å². The molecule has 0 bridgehead atoms. The van der Waals surface area contributed by atoms with E-state index in [1.807, 2.05) is 29.9 Å². The van der Waals surface area contributed by atoms with Crippen LogP contribution in [0.1, 0.15) is 5.56 Å². The monoisotopic (exact) mass is 263 g/mol. The van der Waals surface area contributed by atoms with E-state index < -0.39 is 0 Å². The summed E-state index contributed by atoms with van der Waals surface area (Å²) >= 11 is 0. The maximum Gasteiger partial charge on any atom is 0.227 e. The van der Waals surface area contributed by atoms with E-state index in [1.54, 1.807) is 12.4 Å². The first-order valence-corrected chi connectivity index (χ1v) is 6.50. The smallest absolute Gasteiger partial charge is 0.227 e. The fraction of sp³-hybridized carbons (Fsp3) is 0.125. The fourth-order valence-corrected chi connectivity index (χ4v) is 2.66. The number of hydrogen-bond acceptors (Lipinski definition) is 3. The van der Waals surface area contributed by atoms with Gasteiger partial charge < -0.3 is 8.98 Å². The Bertz CT molecular complexity index is 933. The van der Waals surface area contributed by atoms with Crippen LogP contribution in [0.3, 0.4) is 0 Å². The third-order valence-electron chi connectivity index (χ3n) is 3.67. The largest absolute Gasteiger partial charge is 0.437 e. The average molecular weight is 263 g/mol. The maximum absolute atomic E-state index is 5.98. The molecule has 20 heavy (non-hydrogen) atoms. The Labute approximate surface area is 115 Å². The molecule has 0 unspecified atom stereocenters. The Kier molecular flexibility index (Phi) is 2.21. The molecule has 0 aliphatic heterocycles. The molecule has 0 atom stereocenters. The Morgan fingerprint density at radius 1 is 1.05 bits per heavy atom. The van der Waals surface area contributed by atoms with Gasteiger partial charge in [-0.2, -0.15) is 0 Å². The fourth-order valence-electron chi connectivity index (χ4n) is 2.66. The van der Waals surface area contributed by atoms with Gasteiger partial charge in [-0.25, -0.2) is 9.97 Å². The molecule has 4 rings (SSSR count). The van der Waals surface area contributed by atoms with Crippen molar-refractivity contribution in [1.29, 1.82) is 0 Å². The number of imidazole rings is 1. The van der Waals surface area contributed by atoms with Gasteiger partial charge >= 0.3 is 0 Å². The molecule has 3 heterocycles. The van der Waals surface area contributed by atoms with Crippen LogP contribution in [0.15, 0.2) is 47.3 Å². The molecule has 0 saturated heterocycles. The van der Waals surface area contributed by atoms with E-state index in [0.717, 1.165) is 33.3 Å². The molecule has 4 nitrogen and oxygen atoms in total. The SMILES string of the molecule is Cc1ccc2c(oc3ncccc32)c1-c1nccn1C. The predicted octanol–water partition coefficient (Wildman–Crippen LogP) is 3.69. The van der Waals surface area contributed by atoms with Gasteiger partial charge in [0.15, 0.2) is 0 Å². The summed E-state index contributed by atoms with van der Waals surface area (Å²) in [6.45, 7) is 2.07. The van der Waals surface area contributed by atoms with E-state index in [-0.39, 0.29) is 0 Å². The van der Waals surface area contributed by atoms with Crippen LogP contribution in [0.25, 0.3) is 33.5 Å². The lowest BCUT2D eigenvalue weighted by molar-refractivity contribution is 0.654. The Hall–Kier alpha value is -2.62. The van der Waals surface area contributed by atoms with Crippen molar-refractivity contribution in [1.82, 2.24) is 14.5 Å². The zero-order valence-corrected chi connectivity index (χ0v) is 11.3. The highest BCUT2D eigenvalue weighted by Gasteiger charge is 2.17. The molecule has 0 radical (unpaired) electrons. The van der Waals surface area contributed by atoms with Gasteiger partial charge in [0.25, 0.3) is 0 Å². The van der Waals surface area contributed by atoms with Crippen molar-refractivity contribution in [2.45, 2.75) is 6.92 Å². The van der Waals surface area contributed by atoms with Crippen LogP contribution in [-0.2, 0) is 7.05 Å². The van der Waals surface area contributed by atoms with E-state index in [2.05, 4.69) is 29.0 Å². The van der Waals surface area contributed by atoms with E-state index >= 15 is 0 Å². The predicted molar refractivity (Wildman–Crippen MR) is 78.5 cm³/mol. The molecule has 0 fully saturated rings. The Morgan fingerprint density at radius 2 is 1.95 bits per heavy atom. The van der Waals surface area contributed by atoms with Gasteiger partial charge in [0.1, 0.15) is 11.4 Å². The van der Waals surface area contributed by atoms with Gasteiger partial charge in [-0.05, 0) is 24.6 Å². The lowest BCUT2D eigenvalue weighted by Gasteiger charge is -2.06. The molecule has 0 saturated carbocycles. The summed E-state index contributed by atoms with van der Waals surface area (Å²) in [4.78, 5) is 8.75. The third-order valence-corrected chi connectivity index (χ3v) is 3.67. The van der Waals surface area contributed by atoms with Gasteiger partial charge in [0.2, 0.25) is 5.71 Å². The van der Waals surface area contributed by atoms with Gasteiger partial charge in [-0.3, -0.25) is 0 Å². The first-order chi connectivity index (χ1) is 9.75. The van der Waals surface area contributed by atoms with Crippen LogP contribution in [-0.4, -0.2) is 14.5 Å². The second-order valence-electron chi connectivity index (χ2n) is 4.95. The van der Waals surface area contributed by atoms with Crippen LogP contribution in [0.2, 0.25) is 0 Å². The van der Waals surface area contributed by atoms with Gasteiger partial charge in [0.05, 0.1) is 5.56 Å². The molecule has 3 aromatic heterocycles. The minimum absolute atomic E-state index is 0.670. The third kappa shape index (κ3) is 1.42. The summed E-state index contributed by atoms with van der Waals surface area (Å²) in [6.07, 6.45) is 5.49. The molecule has 0 spiro atoms. The highest BCUT2D eigenvalue weighted by Crippen LogP contribution is 2.36. The highest BCUT2D eigenvalue weighted by molar-refractivity contribution is 6.08. The second kappa shape index (κ2) is 3.93. The molecule has 0 amide bonds. The van der Waals surface area contributed by atoms with Crippen LogP contribution in [0.4, 0.5) is 0 Å². The van der Waals surface area contributed by atoms with E-state index in [4.69, 9.17) is 4.42 Å². The number of aryl methyl sites for hydroxylation is 2. The van der Waals surface area contributed by atoms with E-state index in [1.165, 1.54) is 0 Å². The number of nitrogens with zero attached hydrogens (tertiary/aromatic N) is 3. The molecule has 0 aliphatic rings. The molecule has 98 valence electrons. The zero-order chi connectivity index (χ0) is 13.7. The summed E-state index contributed by atoms with van der Waals surface area (Å²) in [6, 6.07) is 8.15. The van der Waals surface area contributed by atoms with Crippen molar-refractivity contribution >= 4 is 22.1 Å². The quantitative estimate of drug-likeness (QED) is 0.526. The van der Waals surface area contributed by atoms with Gasteiger partial charge in [0, 0.05) is 36.4 Å². The number of hydrogen-bond donors (Lipinski definition) is 0. The number of aromatic nitrogens is 3. The minimum atomic E-state index is 0.670. The second-order valence-corrected chi connectivity index (χ2v) is 4.95. The lowest BCUT2D eigenvalue weighted by atomic mass is 10.0. The minimum Gasteiger partial charge on any atom is -0.437 e. The number of pyridine rings is 1. The van der Waals surface area contributed by atoms with Gasteiger partial charge in [-0.1, -0.05) is 12.1 Å². The van der Waals surface area contributed by atoms with E-state index in [0.29, 0.717) is 5.71 Å². The first-order valence-electron chi connectivity index (χ1n) is 6.50. The molecule has 4 heteroatoms. The molecule has 4 aromatic rings. The molecule has 0 aliphatic carbocycles. The molecular formula is C16H13N3O. The van der Waals surface area contributed by atoms with Crippen molar-refractivity contribution in [2.24, 2.45) is 7.05 Å². The summed E-state index contributed by atoms with van der Waals surface area (Å²) < 4.78 is 7.98. The zero-order valence-electron chi connectivity index (χ0n) is 11.3. The van der Waals surface area contributed by atoms with Crippen LogP contribution in [0.5, 0.6) is 0 Å². The van der Waals surface area contributed by atoms with Crippen LogP contribution in [0, 0.1) is 6.92 Å². The maximum atomic E-state index is 5.98. The highest BCUT2D eigenvalue weighted by atomic mass is 16.3. The van der Waals surface area contributed by atoms with Crippen LogP contribution >= 0.6 is 0 Å². The van der Waals surface area contributed by atoms with Crippen molar-refractivity contribution in [2.75, 3.05) is 0 Å².